The molecule has 2 amide bonds. The molecule has 29 heavy (non-hydrogen) atoms. The van der Waals surface area contributed by atoms with E-state index in [2.05, 4.69) is 15.6 Å². The average Bonchev–Trinajstić information content (AvgIpc) is 2.66. The first-order valence-corrected chi connectivity index (χ1v) is 11.0. The number of carbonyl (C=O) groups is 3. The Morgan fingerprint density at radius 2 is 1.62 bits per heavy atom. The van der Waals surface area contributed by atoms with Gasteiger partial charge in [-0.1, -0.05) is 0 Å². The quantitative estimate of drug-likeness (QED) is 0.0838. The van der Waals surface area contributed by atoms with Gasteiger partial charge in [0.25, 0.3) is 0 Å². The Bertz CT molecular complexity index is 544. The summed E-state index contributed by atoms with van der Waals surface area (Å²) in [5, 5.41) is 14.4. The Kier molecular flexibility index (Phi) is 14.7. The van der Waals surface area contributed by atoms with Crippen LogP contribution in [0.15, 0.2) is 4.99 Å². The zero-order valence-electron chi connectivity index (χ0n) is 16.9. The summed E-state index contributed by atoms with van der Waals surface area (Å²) in [7, 11) is 0. The molecule has 0 aromatic rings. The van der Waals surface area contributed by atoms with Crippen LogP contribution in [0.4, 0.5) is 0 Å². The van der Waals surface area contributed by atoms with Crippen LogP contribution >= 0.6 is 11.8 Å². The number of guanidine groups is 1. The first-order chi connectivity index (χ1) is 13.7. The highest BCUT2D eigenvalue weighted by molar-refractivity contribution is 7.98. The summed E-state index contributed by atoms with van der Waals surface area (Å²) in [4.78, 5) is 40.2. The molecule has 11 nitrogen and oxygen atoms in total. The summed E-state index contributed by atoms with van der Waals surface area (Å²) in [6, 6.07) is -2.75. The van der Waals surface area contributed by atoms with Crippen molar-refractivity contribution < 1.29 is 19.5 Å². The molecule has 0 fully saturated rings. The summed E-state index contributed by atoms with van der Waals surface area (Å²) < 4.78 is 0. The van der Waals surface area contributed by atoms with Gasteiger partial charge < -0.3 is 38.7 Å². The summed E-state index contributed by atoms with van der Waals surface area (Å²) in [5.74, 6) is -1.55. The van der Waals surface area contributed by atoms with E-state index in [1.807, 2.05) is 6.26 Å². The minimum Gasteiger partial charge on any atom is -0.480 e. The highest BCUT2D eigenvalue weighted by Gasteiger charge is 2.27. The second-order valence-electron chi connectivity index (χ2n) is 6.58. The van der Waals surface area contributed by atoms with Crippen LogP contribution in [-0.4, -0.2) is 72.1 Å². The number of aliphatic imine (C=N–C) groups is 1. The van der Waals surface area contributed by atoms with Gasteiger partial charge in [0.2, 0.25) is 11.8 Å². The van der Waals surface area contributed by atoms with Crippen molar-refractivity contribution >= 4 is 35.5 Å². The lowest BCUT2D eigenvalue weighted by molar-refractivity contribution is -0.142. The van der Waals surface area contributed by atoms with E-state index in [-0.39, 0.29) is 25.3 Å². The molecule has 3 unspecified atom stereocenters. The zero-order valence-corrected chi connectivity index (χ0v) is 17.7. The van der Waals surface area contributed by atoms with E-state index >= 15 is 0 Å². The molecule has 0 radical (unpaired) electrons. The largest absolute Gasteiger partial charge is 0.480 e. The number of carboxylic acids is 1. The maximum atomic E-state index is 12.6. The van der Waals surface area contributed by atoms with E-state index in [1.54, 1.807) is 11.8 Å². The number of hydrogen-bond acceptors (Lipinski definition) is 7. The number of nitrogens with two attached hydrogens (primary N) is 4. The molecule has 0 spiro atoms. The predicted molar refractivity (Wildman–Crippen MR) is 115 cm³/mol. The number of hydrogen-bond donors (Lipinski definition) is 7. The fraction of sp³-hybridized carbons (Fsp3) is 0.765. The lowest BCUT2D eigenvalue weighted by Crippen LogP contribution is -2.54. The zero-order chi connectivity index (χ0) is 22.2. The van der Waals surface area contributed by atoms with E-state index in [0.717, 1.165) is 0 Å². The fourth-order valence-corrected chi connectivity index (χ4v) is 2.94. The smallest absolute Gasteiger partial charge is 0.326 e. The van der Waals surface area contributed by atoms with Crippen LogP contribution in [-0.2, 0) is 14.4 Å². The van der Waals surface area contributed by atoms with E-state index in [0.29, 0.717) is 38.0 Å². The van der Waals surface area contributed by atoms with Crippen molar-refractivity contribution in [3.63, 3.8) is 0 Å². The van der Waals surface area contributed by atoms with Crippen molar-refractivity contribution in [2.24, 2.45) is 27.9 Å². The number of nitrogens with one attached hydrogen (secondary N) is 2. The Morgan fingerprint density at radius 3 is 2.17 bits per heavy atom. The molecule has 3 atom stereocenters. The van der Waals surface area contributed by atoms with Crippen molar-refractivity contribution in [2.45, 2.75) is 56.7 Å². The summed E-state index contributed by atoms with van der Waals surface area (Å²) in [5.41, 5.74) is 21.8. The van der Waals surface area contributed by atoms with Crippen LogP contribution in [0.5, 0.6) is 0 Å². The minimum atomic E-state index is -1.14. The van der Waals surface area contributed by atoms with Crippen LogP contribution in [0.1, 0.15) is 38.5 Å². The third-order valence-electron chi connectivity index (χ3n) is 4.11. The normalized spacial score (nSPS) is 13.8. The molecular formula is C17H35N7O4S. The number of carboxylic acid groups (broad SMARTS) is 1. The second kappa shape index (κ2) is 15.8. The molecule has 0 aliphatic heterocycles. The monoisotopic (exact) mass is 433 g/mol. The maximum Gasteiger partial charge on any atom is 0.326 e. The molecule has 0 aliphatic carbocycles. The number of thioether (sulfide) groups is 1. The van der Waals surface area contributed by atoms with Crippen molar-refractivity contribution in [2.75, 3.05) is 25.1 Å². The molecule has 0 heterocycles. The predicted octanol–water partition coefficient (Wildman–Crippen LogP) is -1.70. The Labute approximate surface area is 175 Å². The molecule has 0 bridgehead atoms. The van der Waals surface area contributed by atoms with Crippen LogP contribution in [0.3, 0.4) is 0 Å². The maximum absolute atomic E-state index is 12.6. The first kappa shape index (κ1) is 27.0. The average molecular weight is 434 g/mol. The van der Waals surface area contributed by atoms with Crippen LogP contribution < -0.4 is 33.6 Å². The standard InChI is InChI=1S/C17H35N7O4S/c1-29-10-7-11(19)14(25)23-12(6-4-9-22-17(20)21)15(26)24-13(16(27)28)5-2-3-8-18/h11-13H,2-10,18-19H2,1H3,(H,23,25)(H,24,26)(H,27,28)(H4,20,21,22). The molecule has 0 aromatic heterocycles. The number of aliphatic carboxylic acids is 1. The van der Waals surface area contributed by atoms with Gasteiger partial charge in [-0.05, 0) is 57.1 Å². The van der Waals surface area contributed by atoms with E-state index in [4.69, 9.17) is 22.9 Å². The molecule has 0 rings (SSSR count). The Morgan fingerprint density at radius 1 is 1.00 bits per heavy atom. The molecule has 0 saturated heterocycles. The van der Waals surface area contributed by atoms with E-state index in [1.165, 1.54) is 0 Å². The van der Waals surface area contributed by atoms with Gasteiger partial charge in [0.05, 0.1) is 6.04 Å². The first-order valence-electron chi connectivity index (χ1n) is 9.56. The lowest BCUT2D eigenvalue weighted by Gasteiger charge is -2.23. The number of carbonyl (C=O) groups excluding carboxylic acids is 2. The highest BCUT2D eigenvalue weighted by atomic mass is 32.2. The van der Waals surface area contributed by atoms with Crippen LogP contribution in [0.2, 0.25) is 0 Å². The van der Waals surface area contributed by atoms with Crippen LogP contribution in [0.25, 0.3) is 0 Å². The second-order valence-corrected chi connectivity index (χ2v) is 7.57. The third kappa shape index (κ3) is 12.9. The van der Waals surface area contributed by atoms with Gasteiger partial charge in [0.15, 0.2) is 5.96 Å². The van der Waals surface area contributed by atoms with Crippen LogP contribution in [0, 0.1) is 0 Å². The Hall–Kier alpha value is -2.05. The highest BCUT2D eigenvalue weighted by Crippen LogP contribution is 2.06. The van der Waals surface area contributed by atoms with Crippen molar-refractivity contribution in [1.29, 1.82) is 0 Å². The Balaban J connectivity index is 5.02. The van der Waals surface area contributed by atoms with Crippen molar-refractivity contribution in [1.82, 2.24) is 10.6 Å². The van der Waals surface area contributed by atoms with Gasteiger partial charge in [-0.3, -0.25) is 14.6 Å². The topological polar surface area (TPSA) is 212 Å². The fourth-order valence-electron chi connectivity index (χ4n) is 2.45. The number of nitrogens with zero attached hydrogens (tertiary/aromatic N) is 1. The van der Waals surface area contributed by atoms with Gasteiger partial charge in [0.1, 0.15) is 12.1 Å². The summed E-state index contributed by atoms with van der Waals surface area (Å²) in [6.07, 6.45) is 4.49. The molecule has 12 heteroatoms. The summed E-state index contributed by atoms with van der Waals surface area (Å²) >= 11 is 1.56. The van der Waals surface area contributed by atoms with Gasteiger partial charge in [0, 0.05) is 6.54 Å². The summed E-state index contributed by atoms with van der Waals surface area (Å²) in [6.45, 7) is 0.719. The molecule has 0 saturated carbocycles. The number of amides is 2. The molecule has 11 N–H and O–H groups in total. The van der Waals surface area contributed by atoms with Gasteiger partial charge >= 0.3 is 5.97 Å². The van der Waals surface area contributed by atoms with Crippen molar-refractivity contribution in [3.8, 4) is 0 Å². The lowest BCUT2D eigenvalue weighted by atomic mass is 10.1. The van der Waals surface area contributed by atoms with Gasteiger partial charge in [-0.15, -0.1) is 0 Å². The number of unbranched alkanes of at least 4 members (excludes halogenated alkanes) is 1. The molecular weight excluding hydrogens is 398 g/mol. The van der Waals surface area contributed by atoms with E-state index in [9.17, 15) is 19.5 Å². The molecule has 168 valence electrons. The third-order valence-corrected chi connectivity index (χ3v) is 4.75. The van der Waals surface area contributed by atoms with Gasteiger partial charge in [-0.2, -0.15) is 11.8 Å². The van der Waals surface area contributed by atoms with Gasteiger partial charge in [-0.25, -0.2) is 4.79 Å². The number of rotatable bonds is 16. The minimum absolute atomic E-state index is 0.0695. The molecule has 0 aromatic carbocycles. The molecule has 0 aliphatic rings. The SMILES string of the molecule is CSCCC(N)C(=O)NC(CCCN=C(N)N)C(=O)NC(CCCCN)C(=O)O. The van der Waals surface area contributed by atoms with Crippen molar-refractivity contribution in [3.05, 3.63) is 0 Å². The van der Waals surface area contributed by atoms with E-state index < -0.39 is 35.9 Å².